The average Bonchev–Trinajstić information content (AvgIpc) is 2.95. The first kappa shape index (κ1) is 14.6. The minimum atomic E-state index is 1.15. The van der Waals surface area contributed by atoms with Crippen molar-refractivity contribution in [2.75, 3.05) is 19.0 Å². The zero-order valence-corrected chi connectivity index (χ0v) is 14.0. The van der Waals surface area contributed by atoms with Crippen LogP contribution in [0, 0.1) is 0 Å². The number of anilines is 1. The average molecular weight is 312 g/mol. The fourth-order valence-corrected chi connectivity index (χ4v) is 3.30. The number of para-hydroxylation sites is 1. The van der Waals surface area contributed by atoms with Gasteiger partial charge in [-0.25, -0.2) is 0 Å². The molecule has 0 atom stereocenters. The van der Waals surface area contributed by atoms with Gasteiger partial charge in [0.25, 0.3) is 0 Å². The van der Waals surface area contributed by atoms with Crippen molar-refractivity contribution < 1.29 is 0 Å². The molecule has 0 fully saturated rings. The van der Waals surface area contributed by atoms with Crippen LogP contribution in [0.1, 0.15) is 5.56 Å². The van der Waals surface area contributed by atoms with E-state index >= 15 is 0 Å². The van der Waals surface area contributed by atoms with Crippen molar-refractivity contribution in [3.8, 4) is 5.69 Å². The first-order valence-electron chi connectivity index (χ1n) is 8.12. The standard InChI is InChI=1S/C22H20N2/c1-4-16-9-14-22-20(15-16)19-7-5-6-8-21(19)24(22)18-12-10-17(11-13-18)23(2)3/h4-15H,1H2,2-3H3. The van der Waals surface area contributed by atoms with Gasteiger partial charge >= 0.3 is 0 Å². The van der Waals surface area contributed by atoms with E-state index < -0.39 is 0 Å². The highest BCUT2D eigenvalue weighted by atomic mass is 15.1. The van der Waals surface area contributed by atoms with Gasteiger partial charge < -0.3 is 9.47 Å². The molecule has 3 aromatic carbocycles. The van der Waals surface area contributed by atoms with Crippen LogP contribution >= 0.6 is 0 Å². The Kier molecular flexibility index (Phi) is 3.39. The van der Waals surface area contributed by atoms with Crippen LogP contribution in [0.25, 0.3) is 33.6 Å². The van der Waals surface area contributed by atoms with E-state index in [1.165, 1.54) is 33.2 Å². The summed E-state index contributed by atoms with van der Waals surface area (Å²) < 4.78 is 2.33. The number of nitrogens with zero attached hydrogens (tertiary/aromatic N) is 2. The quantitative estimate of drug-likeness (QED) is 0.485. The topological polar surface area (TPSA) is 8.17 Å². The molecule has 24 heavy (non-hydrogen) atoms. The second-order valence-corrected chi connectivity index (χ2v) is 6.24. The van der Waals surface area contributed by atoms with Crippen LogP contribution in [-0.2, 0) is 0 Å². The lowest BCUT2D eigenvalue weighted by atomic mass is 10.1. The Bertz CT molecular complexity index is 1040. The van der Waals surface area contributed by atoms with Crippen LogP contribution in [0.15, 0.2) is 73.3 Å². The van der Waals surface area contributed by atoms with Crippen LogP contribution in [0.5, 0.6) is 0 Å². The van der Waals surface area contributed by atoms with Gasteiger partial charge in [0.2, 0.25) is 0 Å². The summed E-state index contributed by atoms with van der Waals surface area (Å²) >= 11 is 0. The Morgan fingerprint density at radius 1 is 0.833 bits per heavy atom. The van der Waals surface area contributed by atoms with Crippen LogP contribution in [-0.4, -0.2) is 18.7 Å². The number of rotatable bonds is 3. The van der Waals surface area contributed by atoms with Crippen LogP contribution in [0.2, 0.25) is 0 Å². The molecule has 0 aliphatic heterocycles. The molecule has 118 valence electrons. The molecule has 4 rings (SSSR count). The van der Waals surface area contributed by atoms with Crippen LogP contribution in [0.3, 0.4) is 0 Å². The van der Waals surface area contributed by atoms with Crippen molar-refractivity contribution in [1.29, 1.82) is 0 Å². The third kappa shape index (κ3) is 2.19. The van der Waals surface area contributed by atoms with Gasteiger partial charge in [-0.1, -0.05) is 36.9 Å². The van der Waals surface area contributed by atoms with Crippen molar-refractivity contribution >= 4 is 33.6 Å². The molecule has 0 radical (unpaired) electrons. The van der Waals surface area contributed by atoms with E-state index in [2.05, 4.69) is 96.9 Å². The highest BCUT2D eigenvalue weighted by molar-refractivity contribution is 6.09. The van der Waals surface area contributed by atoms with Gasteiger partial charge in [-0.05, 0) is 48.0 Å². The number of fused-ring (bicyclic) bond motifs is 3. The second kappa shape index (κ2) is 5.57. The summed E-state index contributed by atoms with van der Waals surface area (Å²) in [5.41, 5.74) is 5.98. The van der Waals surface area contributed by atoms with E-state index in [4.69, 9.17) is 0 Å². The highest BCUT2D eigenvalue weighted by Crippen LogP contribution is 2.33. The molecule has 0 aliphatic rings. The minimum Gasteiger partial charge on any atom is -0.378 e. The van der Waals surface area contributed by atoms with Crippen LogP contribution < -0.4 is 4.90 Å². The highest BCUT2D eigenvalue weighted by Gasteiger charge is 2.12. The molecule has 0 amide bonds. The maximum absolute atomic E-state index is 3.90. The Hall–Kier alpha value is -3.00. The van der Waals surface area contributed by atoms with E-state index in [1.54, 1.807) is 0 Å². The van der Waals surface area contributed by atoms with Crippen molar-refractivity contribution in [2.24, 2.45) is 0 Å². The molecule has 4 aromatic rings. The van der Waals surface area contributed by atoms with Gasteiger partial charge in [-0.3, -0.25) is 0 Å². The van der Waals surface area contributed by atoms with E-state index in [0.717, 1.165) is 5.56 Å². The predicted octanol–water partition coefficient (Wildman–Crippen LogP) is 5.49. The van der Waals surface area contributed by atoms with Gasteiger partial charge in [-0.15, -0.1) is 0 Å². The smallest absolute Gasteiger partial charge is 0.0541 e. The van der Waals surface area contributed by atoms with Gasteiger partial charge in [0, 0.05) is 36.2 Å². The number of aromatic nitrogens is 1. The predicted molar refractivity (Wildman–Crippen MR) is 105 cm³/mol. The third-order valence-corrected chi connectivity index (χ3v) is 4.56. The Balaban J connectivity index is 2.04. The third-order valence-electron chi connectivity index (χ3n) is 4.56. The van der Waals surface area contributed by atoms with E-state index in [1.807, 2.05) is 6.08 Å². The van der Waals surface area contributed by atoms with E-state index in [9.17, 15) is 0 Å². The molecule has 2 heteroatoms. The molecule has 0 unspecified atom stereocenters. The molecule has 0 N–H and O–H groups in total. The first-order valence-corrected chi connectivity index (χ1v) is 8.12. The normalized spacial score (nSPS) is 11.1. The largest absolute Gasteiger partial charge is 0.378 e. The van der Waals surface area contributed by atoms with Crippen molar-refractivity contribution in [2.45, 2.75) is 0 Å². The molecule has 2 nitrogen and oxygen atoms in total. The maximum Gasteiger partial charge on any atom is 0.0541 e. The number of benzene rings is 3. The molecule has 1 aromatic heterocycles. The summed E-state index contributed by atoms with van der Waals surface area (Å²) in [6, 6.07) is 23.8. The van der Waals surface area contributed by atoms with Crippen LogP contribution in [0.4, 0.5) is 5.69 Å². The fourth-order valence-electron chi connectivity index (χ4n) is 3.30. The summed E-state index contributed by atoms with van der Waals surface area (Å²) in [6.07, 6.45) is 1.90. The van der Waals surface area contributed by atoms with Gasteiger partial charge in [0.05, 0.1) is 11.0 Å². The molecular weight excluding hydrogens is 292 g/mol. The SMILES string of the molecule is C=Cc1ccc2c(c1)c1ccccc1n2-c1ccc(N(C)C)cc1. The molecule has 1 heterocycles. The van der Waals surface area contributed by atoms with Gasteiger partial charge in [0.1, 0.15) is 0 Å². The zero-order chi connectivity index (χ0) is 16.7. The molecular formula is C22H20N2. The second-order valence-electron chi connectivity index (χ2n) is 6.24. The molecule has 0 saturated carbocycles. The lowest BCUT2D eigenvalue weighted by Crippen LogP contribution is -2.08. The van der Waals surface area contributed by atoms with Gasteiger partial charge in [-0.2, -0.15) is 0 Å². The van der Waals surface area contributed by atoms with Crippen molar-refractivity contribution in [3.63, 3.8) is 0 Å². The monoisotopic (exact) mass is 312 g/mol. The maximum atomic E-state index is 3.90. The lowest BCUT2D eigenvalue weighted by Gasteiger charge is -2.14. The Morgan fingerprint density at radius 2 is 1.54 bits per heavy atom. The molecule has 0 bridgehead atoms. The number of hydrogen-bond donors (Lipinski definition) is 0. The van der Waals surface area contributed by atoms with Gasteiger partial charge in [0.15, 0.2) is 0 Å². The zero-order valence-electron chi connectivity index (χ0n) is 14.0. The summed E-state index contributed by atoms with van der Waals surface area (Å²) in [7, 11) is 4.12. The number of hydrogen-bond acceptors (Lipinski definition) is 1. The molecule has 0 aliphatic carbocycles. The minimum absolute atomic E-state index is 1.15. The van der Waals surface area contributed by atoms with Crippen molar-refractivity contribution in [1.82, 2.24) is 4.57 Å². The fraction of sp³-hybridized carbons (Fsp3) is 0.0909. The first-order chi connectivity index (χ1) is 11.7. The van der Waals surface area contributed by atoms with E-state index in [0.29, 0.717) is 0 Å². The summed E-state index contributed by atoms with van der Waals surface area (Å²) in [5, 5.41) is 2.53. The lowest BCUT2D eigenvalue weighted by molar-refractivity contribution is 1.12. The molecule has 0 spiro atoms. The summed E-state index contributed by atoms with van der Waals surface area (Å²) in [6.45, 7) is 3.90. The molecule has 0 saturated heterocycles. The summed E-state index contributed by atoms with van der Waals surface area (Å²) in [5.74, 6) is 0. The van der Waals surface area contributed by atoms with Crippen molar-refractivity contribution in [3.05, 3.63) is 78.9 Å². The Labute approximate surface area is 142 Å². The summed E-state index contributed by atoms with van der Waals surface area (Å²) in [4.78, 5) is 2.12. The Morgan fingerprint density at radius 3 is 2.25 bits per heavy atom. The van der Waals surface area contributed by atoms with E-state index in [-0.39, 0.29) is 0 Å².